The summed E-state index contributed by atoms with van der Waals surface area (Å²) in [5, 5.41) is 0. The highest BCUT2D eigenvalue weighted by molar-refractivity contribution is 7.25. The Balaban J connectivity index is 1.12. The molecule has 0 radical (unpaired) electrons. The maximum Gasteiger partial charge on any atom is 0.0449 e. The number of rotatable bonds is 7. The second-order valence-corrected chi connectivity index (χ2v) is 12.2. The Morgan fingerprint density at radius 1 is 0.375 bits per heavy atom. The third kappa shape index (κ3) is 6.31. The molecule has 0 amide bonds. The highest BCUT2D eigenvalue weighted by Gasteiger charge is 2.09. The summed E-state index contributed by atoms with van der Waals surface area (Å²) in [6.45, 7) is 4.25. The molecule has 40 heavy (non-hydrogen) atoms. The minimum Gasteiger partial charge on any atom is -0.134 e. The molecule has 2 heteroatoms. The van der Waals surface area contributed by atoms with Gasteiger partial charge in [0.2, 0.25) is 0 Å². The van der Waals surface area contributed by atoms with Gasteiger partial charge in [0.25, 0.3) is 0 Å². The fourth-order valence-corrected chi connectivity index (χ4v) is 6.81. The molecule has 0 spiro atoms. The van der Waals surface area contributed by atoms with Crippen LogP contribution in [0.15, 0.2) is 121 Å². The highest BCUT2D eigenvalue weighted by Crippen LogP contribution is 2.40. The highest BCUT2D eigenvalue weighted by atomic mass is 32.1. The van der Waals surface area contributed by atoms with Crippen LogP contribution in [-0.2, 0) is 0 Å². The molecule has 0 unspecified atom stereocenters. The van der Waals surface area contributed by atoms with E-state index in [4.69, 9.17) is 0 Å². The molecule has 0 saturated carbocycles. The number of benzene rings is 4. The van der Waals surface area contributed by atoms with Crippen LogP contribution in [0.1, 0.15) is 33.4 Å². The van der Waals surface area contributed by atoms with Crippen LogP contribution in [0.25, 0.3) is 54.9 Å². The van der Waals surface area contributed by atoms with Gasteiger partial charge in [-0.1, -0.05) is 132 Å². The summed E-state index contributed by atoms with van der Waals surface area (Å²) in [5.41, 5.74) is 9.96. The first-order valence-electron chi connectivity index (χ1n) is 13.5. The van der Waals surface area contributed by atoms with Crippen LogP contribution in [0, 0.1) is 13.8 Å². The van der Waals surface area contributed by atoms with Gasteiger partial charge in [-0.15, -0.1) is 22.7 Å². The number of hydrogen-bond acceptors (Lipinski definition) is 2. The molecular formula is C38H30S2. The van der Waals surface area contributed by atoms with E-state index in [2.05, 4.69) is 159 Å². The second-order valence-electron chi connectivity index (χ2n) is 10.1. The van der Waals surface area contributed by atoms with Crippen molar-refractivity contribution in [1.82, 2.24) is 0 Å². The van der Waals surface area contributed by atoms with E-state index in [1.165, 1.54) is 64.0 Å². The van der Waals surface area contributed by atoms with Crippen molar-refractivity contribution in [3.05, 3.63) is 155 Å². The molecule has 0 aliphatic carbocycles. The smallest absolute Gasteiger partial charge is 0.0449 e. The average Bonchev–Trinajstić information content (AvgIpc) is 3.66. The lowest BCUT2D eigenvalue weighted by Crippen LogP contribution is -1.76. The van der Waals surface area contributed by atoms with Crippen molar-refractivity contribution in [3.63, 3.8) is 0 Å². The predicted octanol–water partition coefficient (Wildman–Crippen LogP) is 11.8. The van der Waals surface area contributed by atoms with Crippen molar-refractivity contribution in [2.75, 3.05) is 0 Å². The monoisotopic (exact) mass is 550 g/mol. The number of thiophene rings is 2. The molecule has 6 aromatic rings. The summed E-state index contributed by atoms with van der Waals surface area (Å²) < 4.78 is 0. The first kappa shape index (κ1) is 26.0. The summed E-state index contributed by atoms with van der Waals surface area (Å²) in [7, 11) is 0. The Labute approximate surface area is 245 Å². The van der Waals surface area contributed by atoms with Crippen molar-refractivity contribution in [3.8, 4) is 30.6 Å². The van der Waals surface area contributed by atoms with Gasteiger partial charge >= 0.3 is 0 Å². The fourth-order valence-electron chi connectivity index (χ4n) is 4.70. The first-order valence-corrected chi connectivity index (χ1v) is 15.1. The molecule has 194 valence electrons. The van der Waals surface area contributed by atoms with Crippen LogP contribution in [0.4, 0.5) is 0 Å². The summed E-state index contributed by atoms with van der Waals surface area (Å²) in [6.07, 6.45) is 8.71. The van der Waals surface area contributed by atoms with E-state index in [1.807, 2.05) is 22.7 Å². The van der Waals surface area contributed by atoms with Crippen LogP contribution in [-0.4, -0.2) is 0 Å². The standard InChI is InChI=1S/C38H30S2/c1-27-5-3-7-31(25-27)11-9-29-13-17-33(18-14-29)35-21-23-37(39-35)38-24-22-36(40-38)34-19-15-30(16-20-34)10-12-32-8-4-6-28(2)26-32/h3-26H,1-2H3. The summed E-state index contributed by atoms with van der Waals surface area (Å²) in [5.74, 6) is 0. The lowest BCUT2D eigenvalue weighted by molar-refractivity contribution is 1.46. The van der Waals surface area contributed by atoms with Gasteiger partial charge in [0.05, 0.1) is 0 Å². The third-order valence-corrected chi connectivity index (χ3v) is 9.33. The maximum atomic E-state index is 2.25. The molecule has 4 aromatic carbocycles. The van der Waals surface area contributed by atoms with Gasteiger partial charge in [-0.05, 0) is 71.5 Å². The molecule has 0 N–H and O–H groups in total. The van der Waals surface area contributed by atoms with Crippen LogP contribution >= 0.6 is 22.7 Å². The Morgan fingerprint density at radius 3 is 1.15 bits per heavy atom. The minimum absolute atomic E-state index is 1.21. The molecule has 6 rings (SSSR count). The maximum absolute atomic E-state index is 2.25. The molecule has 2 aromatic heterocycles. The van der Waals surface area contributed by atoms with Gasteiger partial charge in [0.1, 0.15) is 0 Å². The molecule has 0 saturated heterocycles. The first-order chi connectivity index (χ1) is 19.6. The van der Waals surface area contributed by atoms with Crippen molar-refractivity contribution in [1.29, 1.82) is 0 Å². The van der Waals surface area contributed by atoms with Gasteiger partial charge < -0.3 is 0 Å². The fraction of sp³-hybridized carbons (Fsp3) is 0.0526. The van der Waals surface area contributed by atoms with Crippen molar-refractivity contribution >= 4 is 47.0 Å². The minimum atomic E-state index is 1.21. The zero-order chi connectivity index (χ0) is 27.3. The van der Waals surface area contributed by atoms with E-state index in [1.54, 1.807) is 0 Å². The lowest BCUT2D eigenvalue weighted by atomic mass is 10.1. The van der Waals surface area contributed by atoms with E-state index in [-0.39, 0.29) is 0 Å². The van der Waals surface area contributed by atoms with Crippen LogP contribution in [0.3, 0.4) is 0 Å². The number of aryl methyl sites for hydroxylation is 2. The Kier molecular flexibility index (Phi) is 7.72. The van der Waals surface area contributed by atoms with Gasteiger partial charge in [-0.2, -0.15) is 0 Å². The van der Waals surface area contributed by atoms with Gasteiger partial charge in [-0.3, -0.25) is 0 Å². The topological polar surface area (TPSA) is 0 Å². The SMILES string of the molecule is Cc1cccc(C=Cc2ccc(-c3ccc(-c4ccc(-c5ccc(C=Cc6cccc(C)c6)cc5)s4)s3)cc2)c1. The zero-order valence-electron chi connectivity index (χ0n) is 22.7. The molecule has 0 fully saturated rings. The van der Waals surface area contributed by atoms with Crippen molar-refractivity contribution < 1.29 is 0 Å². The molecule has 0 atom stereocenters. The Morgan fingerprint density at radius 2 is 0.750 bits per heavy atom. The number of hydrogen-bond donors (Lipinski definition) is 0. The summed E-state index contributed by atoms with van der Waals surface area (Å²) >= 11 is 3.71. The quantitative estimate of drug-likeness (QED) is 0.173. The molecule has 2 heterocycles. The van der Waals surface area contributed by atoms with Crippen LogP contribution in [0.5, 0.6) is 0 Å². The third-order valence-electron chi connectivity index (χ3n) is 6.87. The van der Waals surface area contributed by atoms with Crippen LogP contribution in [0.2, 0.25) is 0 Å². The van der Waals surface area contributed by atoms with E-state index >= 15 is 0 Å². The summed E-state index contributed by atoms with van der Waals surface area (Å²) in [6, 6.07) is 43.8. The van der Waals surface area contributed by atoms with Gasteiger partial charge in [0.15, 0.2) is 0 Å². The van der Waals surface area contributed by atoms with E-state index < -0.39 is 0 Å². The van der Waals surface area contributed by atoms with Gasteiger partial charge in [-0.25, -0.2) is 0 Å². The second kappa shape index (κ2) is 11.9. The van der Waals surface area contributed by atoms with Gasteiger partial charge in [0, 0.05) is 19.5 Å². The largest absolute Gasteiger partial charge is 0.134 e. The van der Waals surface area contributed by atoms with E-state index in [9.17, 15) is 0 Å². The Bertz CT molecular complexity index is 1660. The zero-order valence-corrected chi connectivity index (χ0v) is 24.3. The molecular weight excluding hydrogens is 521 g/mol. The average molecular weight is 551 g/mol. The summed E-state index contributed by atoms with van der Waals surface area (Å²) in [4.78, 5) is 5.22. The van der Waals surface area contributed by atoms with E-state index in [0.717, 1.165) is 0 Å². The van der Waals surface area contributed by atoms with E-state index in [0.29, 0.717) is 0 Å². The van der Waals surface area contributed by atoms with Crippen LogP contribution < -0.4 is 0 Å². The Hall–Kier alpha value is -4.24. The molecule has 0 aliphatic rings. The van der Waals surface area contributed by atoms with Crippen molar-refractivity contribution in [2.45, 2.75) is 13.8 Å². The molecule has 0 nitrogen and oxygen atoms in total. The molecule has 0 bridgehead atoms. The van der Waals surface area contributed by atoms with Crippen molar-refractivity contribution in [2.24, 2.45) is 0 Å². The lowest BCUT2D eigenvalue weighted by Gasteiger charge is -2.00. The normalized spacial score (nSPS) is 11.6. The molecule has 0 aliphatic heterocycles. The predicted molar refractivity (Wildman–Crippen MR) is 179 cm³/mol.